The van der Waals surface area contributed by atoms with E-state index in [-0.39, 0.29) is 12.5 Å². The number of amides is 2. The molecule has 22 heavy (non-hydrogen) atoms. The highest BCUT2D eigenvalue weighted by Gasteiger charge is 2.33. The molecule has 0 spiro atoms. The van der Waals surface area contributed by atoms with Gasteiger partial charge in [-0.2, -0.15) is 0 Å². The predicted molar refractivity (Wildman–Crippen MR) is 77.7 cm³/mol. The maximum atomic E-state index is 12.0. The maximum Gasteiger partial charge on any atom is 0.326 e. The van der Waals surface area contributed by atoms with Crippen LogP contribution in [0.3, 0.4) is 0 Å². The van der Waals surface area contributed by atoms with Crippen LogP contribution in [0.4, 0.5) is 0 Å². The summed E-state index contributed by atoms with van der Waals surface area (Å²) in [6, 6.07) is 5.77. The van der Waals surface area contributed by atoms with Crippen molar-refractivity contribution in [3.63, 3.8) is 0 Å². The van der Waals surface area contributed by atoms with Gasteiger partial charge in [0.1, 0.15) is 11.8 Å². The molecule has 0 radical (unpaired) electrons. The van der Waals surface area contributed by atoms with Gasteiger partial charge in [0.25, 0.3) is 5.91 Å². The van der Waals surface area contributed by atoms with Crippen LogP contribution in [0.15, 0.2) is 24.3 Å². The van der Waals surface area contributed by atoms with Crippen molar-refractivity contribution in [1.82, 2.24) is 10.2 Å². The van der Waals surface area contributed by atoms with E-state index in [1.807, 2.05) is 0 Å². The zero-order chi connectivity index (χ0) is 16.1. The number of rotatable bonds is 5. The highest BCUT2D eigenvalue weighted by molar-refractivity contribution is 5.97. The van der Waals surface area contributed by atoms with Crippen molar-refractivity contribution in [3.05, 3.63) is 29.8 Å². The number of carboxylic acid groups (broad SMARTS) is 1. The van der Waals surface area contributed by atoms with Crippen LogP contribution in [-0.2, 0) is 9.59 Å². The lowest BCUT2D eigenvalue weighted by molar-refractivity contribution is -0.147. The molecule has 0 aliphatic carbocycles. The van der Waals surface area contributed by atoms with Crippen LogP contribution >= 0.6 is 0 Å². The van der Waals surface area contributed by atoms with Gasteiger partial charge in [0.05, 0.1) is 13.7 Å². The zero-order valence-corrected chi connectivity index (χ0v) is 12.2. The highest BCUT2D eigenvalue weighted by Crippen LogP contribution is 2.17. The first kappa shape index (κ1) is 15.8. The molecule has 1 aliphatic heterocycles. The molecule has 1 aliphatic rings. The normalized spacial score (nSPS) is 17.1. The molecule has 1 fully saturated rings. The smallest absolute Gasteiger partial charge is 0.326 e. The zero-order valence-electron chi connectivity index (χ0n) is 12.2. The van der Waals surface area contributed by atoms with Gasteiger partial charge in [-0.15, -0.1) is 0 Å². The van der Waals surface area contributed by atoms with Gasteiger partial charge >= 0.3 is 5.97 Å². The summed E-state index contributed by atoms with van der Waals surface area (Å²) in [6.45, 7) is 0.185. The molecule has 7 nitrogen and oxygen atoms in total. The number of carbonyl (C=O) groups excluding carboxylic acids is 2. The predicted octanol–water partition coefficient (Wildman–Crippen LogP) is 0.501. The van der Waals surface area contributed by atoms with Crippen LogP contribution in [0.1, 0.15) is 23.2 Å². The number of carboxylic acids is 1. The van der Waals surface area contributed by atoms with Crippen LogP contribution in [0.2, 0.25) is 0 Å². The van der Waals surface area contributed by atoms with Crippen molar-refractivity contribution in [2.45, 2.75) is 18.9 Å². The second-order valence-electron chi connectivity index (χ2n) is 5.00. The maximum absolute atomic E-state index is 12.0. The standard InChI is InChI=1S/C15H18N2O5/c1-22-11-5-2-4-10(8-11)14(19)16-9-13(18)17-7-3-6-12(17)15(20)21/h2,4-5,8,12H,3,6-7,9H2,1H3,(H,16,19)(H,20,21)/t12-/m0/s1. The van der Waals surface area contributed by atoms with Crippen LogP contribution in [-0.4, -0.2) is 54.0 Å². The van der Waals surface area contributed by atoms with Crippen molar-refractivity contribution in [1.29, 1.82) is 0 Å². The summed E-state index contributed by atoms with van der Waals surface area (Å²) in [5.74, 6) is -1.26. The molecule has 0 unspecified atom stereocenters. The molecule has 7 heteroatoms. The molecule has 0 bridgehead atoms. The molecule has 1 aromatic carbocycles. The molecule has 1 aromatic rings. The summed E-state index contributed by atoms with van der Waals surface area (Å²) in [4.78, 5) is 36.4. The van der Waals surface area contributed by atoms with E-state index in [0.717, 1.165) is 0 Å². The number of aliphatic carboxylic acids is 1. The summed E-state index contributed by atoms with van der Waals surface area (Å²) < 4.78 is 5.03. The molecular weight excluding hydrogens is 288 g/mol. The van der Waals surface area contributed by atoms with Crippen LogP contribution < -0.4 is 10.1 Å². The topological polar surface area (TPSA) is 95.9 Å². The Kier molecular flexibility index (Phi) is 4.98. The molecule has 2 rings (SSSR count). The van der Waals surface area contributed by atoms with Gasteiger partial charge in [-0.05, 0) is 31.0 Å². The number of likely N-dealkylation sites (tertiary alicyclic amines) is 1. The summed E-state index contributed by atoms with van der Waals surface area (Å²) in [5, 5.41) is 11.6. The third-order valence-electron chi connectivity index (χ3n) is 3.59. The van der Waals surface area contributed by atoms with E-state index in [9.17, 15) is 14.4 Å². The monoisotopic (exact) mass is 306 g/mol. The van der Waals surface area contributed by atoms with Crippen molar-refractivity contribution in [3.8, 4) is 5.75 Å². The first-order valence-electron chi connectivity index (χ1n) is 6.97. The Morgan fingerprint density at radius 1 is 1.41 bits per heavy atom. The van der Waals surface area contributed by atoms with E-state index in [2.05, 4.69) is 5.32 Å². The molecule has 2 amide bonds. The molecule has 0 saturated carbocycles. The Labute approximate surface area is 127 Å². The minimum absolute atomic E-state index is 0.222. The third-order valence-corrected chi connectivity index (χ3v) is 3.59. The van der Waals surface area contributed by atoms with Gasteiger partial charge in [0, 0.05) is 12.1 Å². The van der Waals surface area contributed by atoms with E-state index in [0.29, 0.717) is 30.7 Å². The van der Waals surface area contributed by atoms with E-state index in [1.165, 1.54) is 12.0 Å². The fraction of sp³-hybridized carbons (Fsp3) is 0.400. The average molecular weight is 306 g/mol. The third kappa shape index (κ3) is 3.55. The fourth-order valence-corrected chi connectivity index (χ4v) is 2.45. The first-order chi connectivity index (χ1) is 10.5. The number of hydrogen-bond donors (Lipinski definition) is 2. The lowest BCUT2D eigenvalue weighted by atomic mass is 10.2. The van der Waals surface area contributed by atoms with Crippen molar-refractivity contribution in [2.75, 3.05) is 20.2 Å². The van der Waals surface area contributed by atoms with E-state index >= 15 is 0 Å². The minimum atomic E-state index is -1.01. The van der Waals surface area contributed by atoms with Gasteiger partial charge in [-0.25, -0.2) is 4.79 Å². The molecule has 0 aromatic heterocycles. The average Bonchev–Trinajstić information content (AvgIpc) is 3.02. The summed E-state index contributed by atoms with van der Waals surface area (Å²) in [7, 11) is 1.50. The van der Waals surface area contributed by atoms with Crippen molar-refractivity contribution < 1.29 is 24.2 Å². The molecule has 118 valence electrons. The Hall–Kier alpha value is -2.57. The quantitative estimate of drug-likeness (QED) is 0.826. The Morgan fingerprint density at radius 3 is 2.86 bits per heavy atom. The summed E-state index contributed by atoms with van der Waals surface area (Å²) in [5.41, 5.74) is 0.378. The molecular formula is C15H18N2O5. The van der Waals surface area contributed by atoms with E-state index < -0.39 is 17.9 Å². The molecule has 1 atom stereocenters. The molecule has 1 saturated heterocycles. The van der Waals surface area contributed by atoms with Crippen LogP contribution in [0.25, 0.3) is 0 Å². The minimum Gasteiger partial charge on any atom is -0.497 e. The van der Waals surface area contributed by atoms with E-state index in [1.54, 1.807) is 24.3 Å². The number of benzene rings is 1. The van der Waals surface area contributed by atoms with Crippen molar-refractivity contribution in [2.24, 2.45) is 0 Å². The number of nitrogens with one attached hydrogen (secondary N) is 1. The first-order valence-corrected chi connectivity index (χ1v) is 6.97. The fourth-order valence-electron chi connectivity index (χ4n) is 2.45. The van der Waals surface area contributed by atoms with Crippen LogP contribution in [0, 0.1) is 0 Å². The second kappa shape index (κ2) is 6.93. The largest absolute Gasteiger partial charge is 0.497 e. The van der Waals surface area contributed by atoms with Crippen LogP contribution in [0.5, 0.6) is 5.75 Å². The van der Waals surface area contributed by atoms with Gasteiger partial charge in [-0.1, -0.05) is 6.07 Å². The second-order valence-corrected chi connectivity index (χ2v) is 5.00. The van der Waals surface area contributed by atoms with Gasteiger partial charge in [0.15, 0.2) is 0 Å². The highest BCUT2D eigenvalue weighted by atomic mass is 16.5. The van der Waals surface area contributed by atoms with Gasteiger partial charge < -0.3 is 20.1 Å². The van der Waals surface area contributed by atoms with E-state index in [4.69, 9.17) is 9.84 Å². The number of methoxy groups -OCH3 is 1. The number of ether oxygens (including phenoxy) is 1. The lowest BCUT2D eigenvalue weighted by Gasteiger charge is -2.21. The molecule has 1 heterocycles. The number of nitrogens with zero attached hydrogens (tertiary/aromatic N) is 1. The Bertz CT molecular complexity index is 587. The summed E-state index contributed by atoms with van der Waals surface area (Å²) >= 11 is 0. The number of carbonyl (C=O) groups is 3. The summed E-state index contributed by atoms with van der Waals surface area (Å²) in [6.07, 6.45) is 1.11. The Morgan fingerprint density at radius 2 is 2.18 bits per heavy atom. The lowest BCUT2D eigenvalue weighted by Crippen LogP contribution is -2.45. The Balaban J connectivity index is 1.93. The van der Waals surface area contributed by atoms with Gasteiger partial charge in [-0.3, -0.25) is 9.59 Å². The molecule has 2 N–H and O–H groups in total. The van der Waals surface area contributed by atoms with Crippen molar-refractivity contribution >= 4 is 17.8 Å². The van der Waals surface area contributed by atoms with Gasteiger partial charge in [0.2, 0.25) is 5.91 Å². The SMILES string of the molecule is COc1cccc(C(=O)NCC(=O)N2CCC[C@H]2C(=O)O)c1. The number of hydrogen-bond acceptors (Lipinski definition) is 4.